The van der Waals surface area contributed by atoms with Gasteiger partial charge in [-0.3, -0.25) is 0 Å². The van der Waals surface area contributed by atoms with Crippen molar-refractivity contribution in [1.82, 2.24) is 5.32 Å². The molecule has 9 heavy (non-hydrogen) atoms. The zero-order valence-electron chi connectivity index (χ0n) is 6.13. The van der Waals surface area contributed by atoms with Crippen molar-refractivity contribution in [3.63, 3.8) is 0 Å². The summed E-state index contributed by atoms with van der Waals surface area (Å²) in [5.41, 5.74) is 0. The molecule has 0 amide bonds. The van der Waals surface area contributed by atoms with Crippen LogP contribution in [0.4, 0.5) is 0 Å². The number of rotatable bonds is 1. The number of nitrogens with zero attached hydrogens (tertiary/aromatic N) is 1. The normalized spacial score (nSPS) is 36.7. The minimum absolute atomic E-state index is 0.351. The van der Waals surface area contributed by atoms with Crippen LogP contribution in [0.1, 0.15) is 20.3 Å². The molecule has 0 aliphatic carbocycles. The van der Waals surface area contributed by atoms with E-state index in [0.29, 0.717) is 12.2 Å². The van der Waals surface area contributed by atoms with Crippen molar-refractivity contribution in [2.24, 2.45) is 0 Å². The van der Waals surface area contributed by atoms with Crippen LogP contribution in [-0.4, -0.2) is 25.3 Å². The van der Waals surface area contributed by atoms with Gasteiger partial charge < -0.3 is 4.74 Å². The molecule has 1 aliphatic heterocycles. The Kier molecular flexibility index (Phi) is 2.49. The quantitative estimate of drug-likeness (QED) is 0.512. The fourth-order valence-electron chi connectivity index (χ4n) is 1.04. The van der Waals surface area contributed by atoms with Gasteiger partial charge in [-0.15, -0.1) is 0 Å². The van der Waals surface area contributed by atoms with Crippen LogP contribution in [0.5, 0.6) is 0 Å². The third-order valence-corrected chi connectivity index (χ3v) is 1.60. The summed E-state index contributed by atoms with van der Waals surface area (Å²) in [7, 11) is 0. The average Bonchev–Trinajstić information content (AvgIpc) is 1.88. The van der Waals surface area contributed by atoms with Gasteiger partial charge in [0.15, 0.2) is 0 Å². The Balaban J connectivity index is 2.23. The lowest BCUT2D eigenvalue weighted by Crippen LogP contribution is -2.38. The summed E-state index contributed by atoms with van der Waals surface area (Å²) < 4.78 is 5.54. The van der Waals surface area contributed by atoms with Gasteiger partial charge in [0.05, 0.1) is 12.2 Å². The molecule has 2 atom stereocenters. The zero-order valence-corrected chi connectivity index (χ0v) is 6.13. The van der Waals surface area contributed by atoms with Gasteiger partial charge >= 0.3 is 0 Å². The van der Waals surface area contributed by atoms with Crippen LogP contribution in [0.2, 0.25) is 0 Å². The lowest BCUT2D eigenvalue weighted by molar-refractivity contribution is -0.0297. The topological polar surface area (TPSA) is 23.3 Å². The second-order valence-corrected chi connectivity index (χ2v) is 2.57. The van der Waals surface area contributed by atoms with E-state index < -0.39 is 0 Å². The first-order valence-electron chi connectivity index (χ1n) is 3.61. The fourth-order valence-corrected chi connectivity index (χ4v) is 1.04. The third-order valence-electron chi connectivity index (χ3n) is 1.60. The van der Waals surface area contributed by atoms with Gasteiger partial charge in [0, 0.05) is 13.1 Å². The summed E-state index contributed by atoms with van der Waals surface area (Å²) >= 11 is 0. The van der Waals surface area contributed by atoms with Crippen molar-refractivity contribution < 1.29 is 4.74 Å². The first-order valence-corrected chi connectivity index (χ1v) is 3.61. The minimum atomic E-state index is 0.351. The van der Waals surface area contributed by atoms with Crippen molar-refractivity contribution in [3.05, 3.63) is 0 Å². The third kappa shape index (κ3) is 1.95. The van der Waals surface area contributed by atoms with Gasteiger partial charge in [0.2, 0.25) is 0 Å². The molecule has 2 unspecified atom stereocenters. The summed E-state index contributed by atoms with van der Waals surface area (Å²) in [6.07, 6.45) is 1.84. The van der Waals surface area contributed by atoms with E-state index in [-0.39, 0.29) is 0 Å². The first-order chi connectivity index (χ1) is 4.33. The van der Waals surface area contributed by atoms with E-state index in [2.05, 4.69) is 19.2 Å². The monoisotopic (exact) mass is 128 g/mol. The molecule has 1 radical (unpaired) electrons. The van der Waals surface area contributed by atoms with Gasteiger partial charge in [0.25, 0.3) is 0 Å². The smallest absolute Gasteiger partial charge is 0.0717 e. The van der Waals surface area contributed by atoms with Crippen LogP contribution in [0.15, 0.2) is 0 Å². The van der Waals surface area contributed by atoms with E-state index in [1.54, 1.807) is 0 Å². The molecule has 1 saturated heterocycles. The standard InChI is InChI=1S/C7H14NO/c1-3-7-5-8-4-6(2)9-7/h6-7H,3-5H2,1-2H3. The van der Waals surface area contributed by atoms with Crippen molar-refractivity contribution >= 4 is 0 Å². The highest BCUT2D eigenvalue weighted by atomic mass is 16.5. The maximum absolute atomic E-state index is 5.54. The van der Waals surface area contributed by atoms with Gasteiger partial charge in [0.1, 0.15) is 0 Å². The van der Waals surface area contributed by atoms with Crippen LogP contribution in [0, 0.1) is 0 Å². The molecule has 0 saturated carbocycles. The van der Waals surface area contributed by atoms with Crippen LogP contribution in [-0.2, 0) is 4.74 Å². The summed E-state index contributed by atoms with van der Waals surface area (Å²) in [5, 5.41) is 4.29. The number of ether oxygens (including phenoxy) is 1. The molecular formula is C7H14NO. The number of hydrogen-bond donors (Lipinski definition) is 0. The summed E-state index contributed by atoms with van der Waals surface area (Å²) in [6, 6.07) is 0. The Hall–Kier alpha value is -0.0800. The largest absolute Gasteiger partial charge is 0.373 e. The van der Waals surface area contributed by atoms with E-state index in [9.17, 15) is 0 Å². The molecule has 0 spiro atoms. The molecule has 1 aliphatic rings. The summed E-state index contributed by atoms with van der Waals surface area (Å²) in [4.78, 5) is 0. The fraction of sp³-hybridized carbons (Fsp3) is 1.00. The predicted octanol–water partition coefficient (Wildman–Crippen LogP) is 0.788. The molecule has 0 aromatic rings. The maximum atomic E-state index is 5.54. The van der Waals surface area contributed by atoms with Gasteiger partial charge in [-0.25, -0.2) is 5.32 Å². The molecule has 2 heteroatoms. The molecule has 1 fully saturated rings. The average molecular weight is 128 g/mol. The molecule has 1 rings (SSSR count). The van der Waals surface area contributed by atoms with Crippen molar-refractivity contribution in [3.8, 4) is 0 Å². The lowest BCUT2D eigenvalue weighted by atomic mass is 10.2. The van der Waals surface area contributed by atoms with Crippen molar-refractivity contribution in [2.75, 3.05) is 13.1 Å². The predicted molar refractivity (Wildman–Crippen MR) is 36.5 cm³/mol. The van der Waals surface area contributed by atoms with Gasteiger partial charge in [-0.1, -0.05) is 6.92 Å². The van der Waals surface area contributed by atoms with Crippen molar-refractivity contribution in [2.45, 2.75) is 32.5 Å². The Bertz CT molecular complexity index is 85.0. The molecule has 0 aromatic heterocycles. The number of hydrogen-bond acceptors (Lipinski definition) is 1. The Labute approximate surface area is 56.6 Å². The minimum Gasteiger partial charge on any atom is -0.373 e. The van der Waals surface area contributed by atoms with E-state index in [1.165, 1.54) is 0 Å². The molecule has 0 bridgehead atoms. The Morgan fingerprint density at radius 3 is 2.78 bits per heavy atom. The second kappa shape index (κ2) is 3.18. The molecule has 1 heterocycles. The number of morpholine rings is 1. The molecule has 0 N–H and O–H groups in total. The van der Waals surface area contributed by atoms with Crippen LogP contribution < -0.4 is 5.32 Å². The zero-order chi connectivity index (χ0) is 6.69. The highest BCUT2D eigenvalue weighted by Gasteiger charge is 2.16. The van der Waals surface area contributed by atoms with E-state index in [0.717, 1.165) is 19.5 Å². The molecule has 53 valence electrons. The van der Waals surface area contributed by atoms with Gasteiger partial charge in [-0.05, 0) is 13.3 Å². The summed E-state index contributed by atoms with van der Waals surface area (Å²) in [5.74, 6) is 0. The highest BCUT2D eigenvalue weighted by Crippen LogP contribution is 2.06. The summed E-state index contributed by atoms with van der Waals surface area (Å²) in [6.45, 7) is 6.00. The Morgan fingerprint density at radius 1 is 1.56 bits per heavy atom. The lowest BCUT2D eigenvalue weighted by Gasteiger charge is -2.26. The van der Waals surface area contributed by atoms with Gasteiger partial charge in [-0.2, -0.15) is 0 Å². The second-order valence-electron chi connectivity index (χ2n) is 2.57. The van der Waals surface area contributed by atoms with E-state index in [4.69, 9.17) is 4.74 Å². The SMILES string of the molecule is CCC1C[N]CC(C)O1. The molecular weight excluding hydrogens is 114 g/mol. The molecule has 0 aromatic carbocycles. The highest BCUT2D eigenvalue weighted by molar-refractivity contribution is 4.69. The van der Waals surface area contributed by atoms with E-state index >= 15 is 0 Å². The van der Waals surface area contributed by atoms with Crippen LogP contribution in [0.3, 0.4) is 0 Å². The molecule has 2 nitrogen and oxygen atoms in total. The first kappa shape index (κ1) is 7.03. The van der Waals surface area contributed by atoms with Crippen LogP contribution >= 0.6 is 0 Å². The van der Waals surface area contributed by atoms with E-state index in [1.807, 2.05) is 0 Å². The van der Waals surface area contributed by atoms with Crippen LogP contribution in [0.25, 0.3) is 0 Å². The van der Waals surface area contributed by atoms with Crippen molar-refractivity contribution in [1.29, 1.82) is 0 Å². The Morgan fingerprint density at radius 2 is 2.33 bits per heavy atom. The maximum Gasteiger partial charge on any atom is 0.0717 e.